The van der Waals surface area contributed by atoms with Crippen molar-refractivity contribution in [1.29, 1.82) is 0 Å². The number of amides is 1. The number of H-pyrrole nitrogens is 1. The highest BCUT2D eigenvalue weighted by Crippen LogP contribution is 2.20. The predicted octanol–water partition coefficient (Wildman–Crippen LogP) is 2.07. The van der Waals surface area contributed by atoms with Crippen LogP contribution in [-0.4, -0.2) is 36.3 Å². The van der Waals surface area contributed by atoms with Gasteiger partial charge in [0.25, 0.3) is 0 Å². The molecular formula is C14H18ClN3O3S. The molecule has 0 fully saturated rings. The summed E-state index contributed by atoms with van der Waals surface area (Å²) in [4.78, 5) is 19.5. The standard InChI is InChI=1S/C14H18ClN3O3S/c1-8(7-22(3,20)21)14(19)16-9(2)13-17-11-5-4-10(15)6-12(11)18-13/h4-6,8-9H,7H2,1-3H3,(H,16,19)(H,17,18)/t8-,9+/m1/s1. The Morgan fingerprint density at radius 3 is 2.73 bits per heavy atom. The fraction of sp³-hybridized carbons (Fsp3) is 0.429. The number of sulfone groups is 1. The number of nitrogens with zero attached hydrogens (tertiary/aromatic N) is 1. The minimum absolute atomic E-state index is 0.179. The van der Waals surface area contributed by atoms with Crippen LogP contribution in [0.2, 0.25) is 5.02 Å². The minimum Gasteiger partial charge on any atom is -0.346 e. The van der Waals surface area contributed by atoms with Crippen molar-refractivity contribution in [1.82, 2.24) is 15.3 Å². The average Bonchev–Trinajstić information content (AvgIpc) is 2.79. The summed E-state index contributed by atoms with van der Waals surface area (Å²) in [6.45, 7) is 3.37. The highest BCUT2D eigenvalue weighted by molar-refractivity contribution is 7.90. The van der Waals surface area contributed by atoms with Gasteiger partial charge in [-0.25, -0.2) is 13.4 Å². The molecule has 1 amide bonds. The van der Waals surface area contributed by atoms with Gasteiger partial charge in [0.1, 0.15) is 15.7 Å². The Kier molecular flexibility index (Phi) is 4.77. The van der Waals surface area contributed by atoms with E-state index in [1.807, 2.05) is 0 Å². The largest absolute Gasteiger partial charge is 0.346 e. The number of aromatic amines is 1. The first-order chi connectivity index (χ1) is 10.2. The number of nitrogens with one attached hydrogen (secondary N) is 2. The molecule has 0 saturated heterocycles. The Morgan fingerprint density at radius 2 is 2.09 bits per heavy atom. The summed E-state index contributed by atoms with van der Waals surface area (Å²) in [5.41, 5.74) is 1.54. The summed E-state index contributed by atoms with van der Waals surface area (Å²) in [6, 6.07) is 4.93. The molecule has 0 spiro atoms. The van der Waals surface area contributed by atoms with Crippen molar-refractivity contribution in [2.45, 2.75) is 19.9 Å². The maximum Gasteiger partial charge on any atom is 0.224 e. The molecule has 2 N–H and O–H groups in total. The van der Waals surface area contributed by atoms with Crippen LogP contribution in [0.15, 0.2) is 18.2 Å². The van der Waals surface area contributed by atoms with Gasteiger partial charge in [-0.15, -0.1) is 0 Å². The molecule has 0 aliphatic rings. The van der Waals surface area contributed by atoms with E-state index in [2.05, 4.69) is 15.3 Å². The van der Waals surface area contributed by atoms with Gasteiger partial charge in [-0.05, 0) is 25.1 Å². The molecule has 6 nitrogen and oxygen atoms in total. The monoisotopic (exact) mass is 343 g/mol. The van der Waals surface area contributed by atoms with E-state index in [0.717, 1.165) is 17.3 Å². The lowest BCUT2D eigenvalue weighted by Gasteiger charge is -2.15. The van der Waals surface area contributed by atoms with Gasteiger partial charge < -0.3 is 10.3 Å². The van der Waals surface area contributed by atoms with Crippen LogP contribution >= 0.6 is 11.6 Å². The fourth-order valence-corrected chi connectivity index (χ4v) is 3.39. The molecule has 0 unspecified atom stereocenters. The van der Waals surface area contributed by atoms with Crippen molar-refractivity contribution < 1.29 is 13.2 Å². The fourth-order valence-electron chi connectivity index (χ4n) is 2.16. The Morgan fingerprint density at radius 1 is 1.41 bits per heavy atom. The lowest BCUT2D eigenvalue weighted by Crippen LogP contribution is -2.35. The third-order valence-electron chi connectivity index (χ3n) is 3.23. The first-order valence-corrected chi connectivity index (χ1v) is 9.23. The van der Waals surface area contributed by atoms with Crippen LogP contribution in [0.5, 0.6) is 0 Å². The molecule has 1 aromatic carbocycles. The third kappa shape index (κ3) is 4.20. The number of halogens is 1. The van der Waals surface area contributed by atoms with Crippen molar-refractivity contribution >= 4 is 38.4 Å². The van der Waals surface area contributed by atoms with Gasteiger partial charge in [0, 0.05) is 17.2 Å². The van der Waals surface area contributed by atoms with Crippen molar-refractivity contribution in [2.75, 3.05) is 12.0 Å². The van der Waals surface area contributed by atoms with E-state index in [4.69, 9.17) is 11.6 Å². The Bertz CT molecular complexity index is 801. The SMILES string of the molecule is C[C@H](CS(C)(=O)=O)C(=O)N[C@@H](C)c1nc2ccc(Cl)cc2[nH]1. The molecule has 0 aliphatic carbocycles. The summed E-state index contributed by atoms with van der Waals surface area (Å²) in [6.07, 6.45) is 1.11. The summed E-state index contributed by atoms with van der Waals surface area (Å²) in [5, 5.41) is 3.36. The van der Waals surface area contributed by atoms with E-state index in [1.54, 1.807) is 32.0 Å². The number of carbonyl (C=O) groups is 1. The molecule has 1 aromatic heterocycles. The van der Waals surface area contributed by atoms with E-state index in [1.165, 1.54) is 0 Å². The van der Waals surface area contributed by atoms with E-state index in [0.29, 0.717) is 10.8 Å². The van der Waals surface area contributed by atoms with Crippen LogP contribution in [0.4, 0.5) is 0 Å². The summed E-state index contributed by atoms with van der Waals surface area (Å²) >= 11 is 5.92. The molecule has 0 bridgehead atoms. The topological polar surface area (TPSA) is 91.9 Å². The number of benzene rings is 1. The molecule has 22 heavy (non-hydrogen) atoms. The zero-order valence-corrected chi connectivity index (χ0v) is 14.1. The molecule has 0 aliphatic heterocycles. The number of hydrogen-bond donors (Lipinski definition) is 2. The van der Waals surface area contributed by atoms with Gasteiger partial charge in [0.15, 0.2) is 0 Å². The second-order valence-corrected chi connectivity index (χ2v) is 8.13. The molecule has 0 radical (unpaired) electrons. The van der Waals surface area contributed by atoms with Crippen LogP contribution in [0.25, 0.3) is 11.0 Å². The smallest absolute Gasteiger partial charge is 0.224 e. The van der Waals surface area contributed by atoms with Gasteiger partial charge >= 0.3 is 0 Å². The van der Waals surface area contributed by atoms with E-state index in [-0.39, 0.29) is 17.7 Å². The van der Waals surface area contributed by atoms with Gasteiger partial charge in [0.2, 0.25) is 5.91 Å². The number of carbonyl (C=O) groups excluding carboxylic acids is 1. The average molecular weight is 344 g/mol. The molecule has 2 rings (SSSR count). The second-order valence-electron chi connectivity index (χ2n) is 5.51. The Labute approximate surface area is 134 Å². The highest BCUT2D eigenvalue weighted by atomic mass is 35.5. The molecule has 8 heteroatoms. The maximum atomic E-state index is 12.0. The van der Waals surface area contributed by atoms with Crippen molar-refractivity contribution in [3.05, 3.63) is 29.0 Å². The molecule has 120 valence electrons. The number of rotatable bonds is 5. The van der Waals surface area contributed by atoms with Gasteiger partial charge in [-0.3, -0.25) is 4.79 Å². The lowest BCUT2D eigenvalue weighted by atomic mass is 10.2. The van der Waals surface area contributed by atoms with E-state index >= 15 is 0 Å². The second kappa shape index (κ2) is 6.26. The van der Waals surface area contributed by atoms with Gasteiger partial charge in [-0.2, -0.15) is 0 Å². The Hall–Kier alpha value is -1.60. The molecule has 0 saturated carbocycles. The number of hydrogen-bond acceptors (Lipinski definition) is 4. The highest BCUT2D eigenvalue weighted by Gasteiger charge is 2.21. The van der Waals surface area contributed by atoms with Gasteiger partial charge in [-0.1, -0.05) is 18.5 Å². The predicted molar refractivity (Wildman–Crippen MR) is 86.5 cm³/mol. The van der Waals surface area contributed by atoms with E-state index < -0.39 is 15.8 Å². The Balaban J connectivity index is 2.10. The molecular weight excluding hydrogens is 326 g/mol. The minimum atomic E-state index is -3.19. The number of imidazole rings is 1. The van der Waals surface area contributed by atoms with Crippen LogP contribution < -0.4 is 5.32 Å². The van der Waals surface area contributed by atoms with Crippen molar-refractivity contribution in [3.63, 3.8) is 0 Å². The zero-order chi connectivity index (χ0) is 16.5. The van der Waals surface area contributed by atoms with Crippen LogP contribution in [0, 0.1) is 5.92 Å². The van der Waals surface area contributed by atoms with Gasteiger partial charge in [0.05, 0.1) is 22.8 Å². The molecule has 2 aromatic rings. The zero-order valence-electron chi connectivity index (χ0n) is 12.6. The number of fused-ring (bicyclic) bond motifs is 1. The maximum absolute atomic E-state index is 12.0. The normalized spacial score (nSPS) is 14.7. The third-order valence-corrected chi connectivity index (χ3v) is 4.57. The van der Waals surface area contributed by atoms with Crippen LogP contribution in [0.1, 0.15) is 25.7 Å². The summed E-state index contributed by atoms with van der Waals surface area (Å²) in [7, 11) is -3.19. The number of aromatic nitrogens is 2. The molecule has 1 heterocycles. The van der Waals surface area contributed by atoms with Crippen LogP contribution in [0.3, 0.4) is 0 Å². The first-order valence-electron chi connectivity index (χ1n) is 6.79. The summed E-state index contributed by atoms with van der Waals surface area (Å²) < 4.78 is 22.5. The van der Waals surface area contributed by atoms with Crippen LogP contribution in [-0.2, 0) is 14.6 Å². The van der Waals surface area contributed by atoms with E-state index in [9.17, 15) is 13.2 Å². The quantitative estimate of drug-likeness (QED) is 0.869. The summed E-state index contributed by atoms with van der Waals surface area (Å²) in [5.74, 6) is -0.522. The van der Waals surface area contributed by atoms with Crippen molar-refractivity contribution in [3.8, 4) is 0 Å². The molecule has 2 atom stereocenters. The first kappa shape index (κ1) is 16.8. The lowest BCUT2D eigenvalue weighted by molar-refractivity contribution is -0.124. The van der Waals surface area contributed by atoms with Crippen molar-refractivity contribution in [2.24, 2.45) is 5.92 Å².